The van der Waals surface area contributed by atoms with E-state index in [1.807, 2.05) is 0 Å². The van der Waals surface area contributed by atoms with Crippen LogP contribution in [0.25, 0.3) is 11.1 Å². The number of hydrogen-bond acceptors (Lipinski definition) is 6. The van der Waals surface area contributed by atoms with Crippen LogP contribution in [0.15, 0.2) is 78.2 Å². The van der Waals surface area contributed by atoms with E-state index in [1.165, 1.54) is 42.7 Å². The first kappa shape index (κ1) is 25.5. The Bertz CT molecular complexity index is 1680. The number of halogens is 5. The molecule has 1 aliphatic heterocycles. The molecule has 0 saturated heterocycles. The fourth-order valence-corrected chi connectivity index (χ4v) is 5.11. The summed E-state index contributed by atoms with van der Waals surface area (Å²) in [6, 6.07) is 11.3. The summed E-state index contributed by atoms with van der Waals surface area (Å²) in [5.74, 6) is -2.18. The Morgan fingerprint density at radius 2 is 1.68 bits per heavy atom. The molecule has 6 nitrogen and oxygen atoms in total. The zero-order chi connectivity index (χ0) is 27.2. The quantitative estimate of drug-likeness (QED) is 0.284. The maximum atomic E-state index is 15.6. The van der Waals surface area contributed by atoms with Crippen LogP contribution >= 0.6 is 0 Å². The van der Waals surface area contributed by atoms with Crippen LogP contribution in [0.3, 0.4) is 0 Å². The van der Waals surface area contributed by atoms with E-state index >= 15 is 4.39 Å². The van der Waals surface area contributed by atoms with E-state index in [9.17, 15) is 26.0 Å². The summed E-state index contributed by atoms with van der Waals surface area (Å²) in [6.45, 7) is 0. The summed E-state index contributed by atoms with van der Waals surface area (Å²) >= 11 is 0. The molecule has 1 aliphatic rings. The molecule has 0 saturated carbocycles. The maximum Gasteiger partial charge on any atom is 0.433 e. The number of rotatable bonds is 5. The number of alkyl halides is 3. The molecule has 3 heterocycles. The molecular formula is C26H17F5N4O2S. The lowest BCUT2D eigenvalue weighted by atomic mass is 9.76. The number of pyridine rings is 2. The Morgan fingerprint density at radius 3 is 2.42 bits per heavy atom. The van der Waals surface area contributed by atoms with Gasteiger partial charge in [0.15, 0.2) is 0 Å². The molecule has 0 spiro atoms. The molecule has 5 rings (SSSR count). The van der Waals surface area contributed by atoms with Crippen molar-refractivity contribution in [2.45, 2.75) is 17.5 Å². The summed E-state index contributed by atoms with van der Waals surface area (Å²) in [7, 11) is -2.73. The predicted octanol–water partition coefficient (Wildman–Crippen LogP) is 4.56. The standard InChI is InChI=1S/C26H17F5N4O2S/c27-20-5-4-15(16-8-14(11-33-12-16)13-38(36)37)9-19(20)25(17-6-7-34-22(10-17)26(29,30)31)18-2-1-3-21(28)23(18)24(32)35-25/h1-12,38H,13H2,(H2,32,35). The first-order chi connectivity index (χ1) is 18.0. The molecule has 1 atom stereocenters. The second-order valence-corrected chi connectivity index (χ2v) is 9.55. The summed E-state index contributed by atoms with van der Waals surface area (Å²) in [6.07, 6.45) is -1.09. The summed E-state index contributed by atoms with van der Waals surface area (Å²) in [5.41, 5.74) is 3.63. The first-order valence-electron chi connectivity index (χ1n) is 11.1. The number of nitrogens with zero attached hydrogens (tertiary/aromatic N) is 3. The van der Waals surface area contributed by atoms with Gasteiger partial charge in [0.25, 0.3) is 0 Å². The molecule has 4 aromatic rings. The van der Waals surface area contributed by atoms with Gasteiger partial charge in [0.1, 0.15) is 39.4 Å². The van der Waals surface area contributed by atoms with Crippen LogP contribution in [0, 0.1) is 11.6 Å². The molecular weight excluding hydrogens is 527 g/mol. The van der Waals surface area contributed by atoms with E-state index in [2.05, 4.69) is 15.0 Å². The largest absolute Gasteiger partial charge is 0.433 e. The molecule has 0 aliphatic carbocycles. The highest BCUT2D eigenvalue weighted by Gasteiger charge is 2.47. The molecule has 2 aromatic carbocycles. The van der Waals surface area contributed by atoms with Gasteiger partial charge < -0.3 is 5.73 Å². The molecule has 0 amide bonds. The van der Waals surface area contributed by atoms with Crippen LogP contribution in [-0.2, 0) is 28.2 Å². The van der Waals surface area contributed by atoms with E-state index < -0.39 is 39.7 Å². The molecule has 12 heteroatoms. The van der Waals surface area contributed by atoms with Crippen molar-refractivity contribution in [2.75, 3.05) is 0 Å². The van der Waals surface area contributed by atoms with Crippen LogP contribution < -0.4 is 5.73 Å². The molecule has 194 valence electrons. The summed E-state index contributed by atoms with van der Waals surface area (Å²) in [5, 5.41) is 0. The van der Waals surface area contributed by atoms with E-state index in [0.717, 1.165) is 24.4 Å². The highest BCUT2D eigenvalue weighted by molar-refractivity contribution is 7.71. The Kier molecular flexibility index (Phi) is 6.22. The van der Waals surface area contributed by atoms with E-state index in [4.69, 9.17) is 5.73 Å². The zero-order valence-corrected chi connectivity index (χ0v) is 20.1. The topological polar surface area (TPSA) is 98.3 Å². The smallest absolute Gasteiger partial charge is 0.383 e. The van der Waals surface area contributed by atoms with Gasteiger partial charge in [0, 0.05) is 35.3 Å². The van der Waals surface area contributed by atoms with E-state index in [-0.39, 0.29) is 33.8 Å². The second-order valence-electron chi connectivity index (χ2n) is 8.56. The number of amidine groups is 1. The van der Waals surface area contributed by atoms with Crippen molar-refractivity contribution in [2.24, 2.45) is 10.7 Å². The lowest BCUT2D eigenvalue weighted by Crippen LogP contribution is -2.28. The minimum Gasteiger partial charge on any atom is -0.383 e. The number of thiol groups is 1. The van der Waals surface area contributed by atoms with Gasteiger partial charge in [0.2, 0.25) is 0 Å². The zero-order valence-electron chi connectivity index (χ0n) is 19.2. The van der Waals surface area contributed by atoms with Crippen molar-refractivity contribution < 1.29 is 30.4 Å². The van der Waals surface area contributed by atoms with Gasteiger partial charge in [-0.25, -0.2) is 22.2 Å². The maximum absolute atomic E-state index is 15.6. The van der Waals surface area contributed by atoms with Crippen molar-refractivity contribution in [1.82, 2.24) is 9.97 Å². The van der Waals surface area contributed by atoms with Gasteiger partial charge in [-0.05, 0) is 53.1 Å². The van der Waals surface area contributed by atoms with Gasteiger partial charge in [-0.2, -0.15) is 13.2 Å². The van der Waals surface area contributed by atoms with Gasteiger partial charge in [0.05, 0.1) is 11.3 Å². The van der Waals surface area contributed by atoms with Gasteiger partial charge >= 0.3 is 6.18 Å². The van der Waals surface area contributed by atoms with Crippen LogP contribution in [0.5, 0.6) is 0 Å². The Morgan fingerprint density at radius 1 is 0.895 bits per heavy atom. The number of nitrogens with two attached hydrogens (primary N) is 1. The molecule has 38 heavy (non-hydrogen) atoms. The summed E-state index contributed by atoms with van der Waals surface area (Å²) in [4.78, 5) is 11.8. The molecule has 0 fully saturated rings. The van der Waals surface area contributed by atoms with Crippen molar-refractivity contribution >= 4 is 16.5 Å². The first-order valence-corrected chi connectivity index (χ1v) is 12.4. The lowest BCUT2D eigenvalue weighted by Gasteiger charge is -2.30. The average molecular weight is 545 g/mol. The van der Waals surface area contributed by atoms with Crippen molar-refractivity contribution in [3.63, 3.8) is 0 Å². The normalized spacial score (nSPS) is 16.9. The Hall–Kier alpha value is -4.19. The van der Waals surface area contributed by atoms with E-state index in [1.54, 1.807) is 6.07 Å². The number of fused-ring (bicyclic) bond motifs is 1. The average Bonchev–Trinajstić information content (AvgIpc) is 3.18. The third kappa shape index (κ3) is 4.30. The number of hydrogen-bond donors (Lipinski definition) is 2. The third-order valence-electron chi connectivity index (χ3n) is 6.21. The van der Waals surface area contributed by atoms with Crippen molar-refractivity contribution in [3.05, 3.63) is 118 Å². The second kappa shape index (κ2) is 9.28. The van der Waals surface area contributed by atoms with E-state index in [0.29, 0.717) is 16.7 Å². The number of aromatic nitrogens is 2. The van der Waals surface area contributed by atoms with Crippen LogP contribution in [0.2, 0.25) is 0 Å². The van der Waals surface area contributed by atoms with Gasteiger partial charge in [-0.3, -0.25) is 9.97 Å². The lowest BCUT2D eigenvalue weighted by molar-refractivity contribution is -0.141. The highest BCUT2D eigenvalue weighted by Crippen LogP contribution is 2.48. The van der Waals surface area contributed by atoms with Crippen LogP contribution in [0.4, 0.5) is 22.0 Å². The fourth-order valence-electron chi connectivity index (χ4n) is 4.64. The van der Waals surface area contributed by atoms with Gasteiger partial charge in [-0.1, -0.05) is 18.2 Å². The van der Waals surface area contributed by atoms with Crippen molar-refractivity contribution in [3.8, 4) is 11.1 Å². The van der Waals surface area contributed by atoms with Gasteiger partial charge in [-0.15, -0.1) is 0 Å². The number of benzene rings is 2. The van der Waals surface area contributed by atoms with Crippen LogP contribution in [0.1, 0.15) is 33.5 Å². The predicted molar refractivity (Wildman–Crippen MR) is 130 cm³/mol. The molecule has 2 N–H and O–H groups in total. The molecule has 0 bridgehead atoms. The number of aliphatic imine (C=N–C) groups is 1. The molecule has 1 unspecified atom stereocenters. The molecule has 2 aromatic heterocycles. The monoisotopic (exact) mass is 544 g/mol. The minimum atomic E-state index is -4.81. The highest BCUT2D eigenvalue weighted by atomic mass is 32.2. The third-order valence-corrected chi connectivity index (χ3v) is 6.84. The Labute approximate surface area is 214 Å². The van der Waals surface area contributed by atoms with Crippen LogP contribution in [-0.4, -0.2) is 24.2 Å². The summed E-state index contributed by atoms with van der Waals surface area (Å²) < 4.78 is 93.7. The Balaban J connectivity index is 1.80. The molecule has 0 radical (unpaired) electrons. The fraction of sp³-hybridized carbons (Fsp3) is 0.115. The SMILES string of the molecule is NC1=NC(c2ccnc(C(F)(F)F)c2)(c2cc(-c3cncc(C[SH](=O)=O)c3)ccc2F)c2cccc(F)c21. The van der Waals surface area contributed by atoms with Crippen molar-refractivity contribution in [1.29, 1.82) is 0 Å². The minimum absolute atomic E-state index is 0.0561.